The molecule has 3 aliphatic rings. The van der Waals surface area contributed by atoms with Crippen LogP contribution in [0.4, 0.5) is 0 Å². The fraction of sp³-hybridized carbons (Fsp3) is 1.00. The third-order valence-corrected chi connectivity index (χ3v) is 4.55. The molecule has 0 spiro atoms. The highest BCUT2D eigenvalue weighted by Gasteiger charge is 2.41. The average molecular weight is 208 g/mol. The van der Waals surface area contributed by atoms with Gasteiger partial charge in [0.05, 0.1) is 0 Å². The lowest BCUT2D eigenvalue weighted by atomic mass is 9.97. The first-order valence-electron chi connectivity index (χ1n) is 6.78. The molecule has 2 saturated carbocycles. The van der Waals surface area contributed by atoms with Gasteiger partial charge in [-0.3, -0.25) is 0 Å². The van der Waals surface area contributed by atoms with E-state index in [1.54, 1.807) is 0 Å². The molecule has 2 heteroatoms. The van der Waals surface area contributed by atoms with Gasteiger partial charge in [0, 0.05) is 6.04 Å². The first-order chi connectivity index (χ1) is 7.34. The van der Waals surface area contributed by atoms with Gasteiger partial charge in [0.25, 0.3) is 0 Å². The highest BCUT2D eigenvalue weighted by atomic mass is 15.0. The fourth-order valence-electron chi connectivity index (χ4n) is 3.05. The first kappa shape index (κ1) is 10.1. The molecule has 0 amide bonds. The largest absolute Gasteiger partial charge is 0.316 e. The van der Waals surface area contributed by atoms with Crippen LogP contribution in [0.15, 0.2) is 0 Å². The summed E-state index contributed by atoms with van der Waals surface area (Å²) in [6.45, 7) is 6.10. The molecule has 2 nitrogen and oxygen atoms in total. The Morgan fingerprint density at radius 1 is 1.13 bits per heavy atom. The molecule has 0 radical (unpaired) electrons. The second-order valence-electron chi connectivity index (χ2n) is 6.00. The van der Waals surface area contributed by atoms with Crippen LogP contribution in [0.1, 0.15) is 32.6 Å². The second kappa shape index (κ2) is 4.06. The minimum Gasteiger partial charge on any atom is -0.316 e. The van der Waals surface area contributed by atoms with E-state index >= 15 is 0 Å². The van der Waals surface area contributed by atoms with Gasteiger partial charge >= 0.3 is 0 Å². The average Bonchev–Trinajstić information content (AvgIpc) is 3.11. The summed E-state index contributed by atoms with van der Waals surface area (Å²) in [6.07, 6.45) is 5.97. The van der Waals surface area contributed by atoms with Crippen LogP contribution in [0.2, 0.25) is 0 Å². The Morgan fingerprint density at radius 3 is 2.27 bits per heavy atom. The van der Waals surface area contributed by atoms with Crippen LogP contribution < -0.4 is 10.6 Å². The van der Waals surface area contributed by atoms with Crippen LogP contribution in [0.25, 0.3) is 0 Å². The van der Waals surface area contributed by atoms with Gasteiger partial charge in [-0.15, -0.1) is 0 Å². The molecule has 1 heterocycles. The van der Waals surface area contributed by atoms with Crippen molar-refractivity contribution in [3.63, 3.8) is 0 Å². The molecular weight excluding hydrogens is 184 g/mol. The first-order valence-corrected chi connectivity index (χ1v) is 6.78. The summed E-state index contributed by atoms with van der Waals surface area (Å²) in [6, 6.07) is 0.887. The number of hydrogen-bond donors (Lipinski definition) is 2. The van der Waals surface area contributed by atoms with Crippen molar-refractivity contribution in [3.05, 3.63) is 0 Å². The summed E-state index contributed by atoms with van der Waals surface area (Å²) in [7, 11) is 0. The summed E-state index contributed by atoms with van der Waals surface area (Å²) in [5, 5.41) is 7.37. The fourth-order valence-corrected chi connectivity index (χ4v) is 3.05. The molecular formula is C13H24N2. The van der Waals surface area contributed by atoms with Gasteiger partial charge < -0.3 is 10.6 Å². The Hall–Kier alpha value is -0.0800. The smallest absolute Gasteiger partial charge is 0.0124 e. The Kier molecular flexibility index (Phi) is 2.73. The number of rotatable bonds is 5. The Bertz CT molecular complexity index is 209. The molecule has 2 N–H and O–H groups in total. The zero-order valence-electron chi connectivity index (χ0n) is 9.84. The molecule has 0 aromatic heterocycles. The van der Waals surface area contributed by atoms with Gasteiger partial charge in [-0.1, -0.05) is 6.92 Å². The lowest BCUT2D eigenvalue weighted by Crippen LogP contribution is -2.38. The monoisotopic (exact) mass is 208 g/mol. The molecule has 0 aromatic rings. The van der Waals surface area contributed by atoms with E-state index in [2.05, 4.69) is 17.6 Å². The van der Waals surface area contributed by atoms with E-state index in [9.17, 15) is 0 Å². The van der Waals surface area contributed by atoms with Crippen molar-refractivity contribution in [2.75, 3.05) is 19.6 Å². The van der Waals surface area contributed by atoms with E-state index in [1.807, 2.05) is 0 Å². The van der Waals surface area contributed by atoms with Gasteiger partial charge in [0.15, 0.2) is 0 Å². The van der Waals surface area contributed by atoms with E-state index in [-0.39, 0.29) is 0 Å². The summed E-state index contributed by atoms with van der Waals surface area (Å²) in [5.41, 5.74) is 0. The minimum atomic E-state index is 0.872. The van der Waals surface area contributed by atoms with E-state index in [0.29, 0.717) is 0 Å². The van der Waals surface area contributed by atoms with Crippen molar-refractivity contribution in [2.45, 2.75) is 38.6 Å². The molecule has 2 atom stereocenters. The number of nitrogens with one attached hydrogen (secondary N) is 2. The zero-order chi connectivity index (χ0) is 10.3. The number of hydrogen-bond acceptors (Lipinski definition) is 2. The maximum Gasteiger partial charge on any atom is 0.0124 e. The van der Waals surface area contributed by atoms with Gasteiger partial charge in [0.1, 0.15) is 0 Å². The van der Waals surface area contributed by atoms with Crippen molar-refractivity contribution < 1.29 is 0 Å². The molecule has 0 bridgehead atoms. The predicted octanol–water partition coefficient (Wildman–Crippen LogP) is 1.62. The maximum atomic E-state index is 3.88. The molecule has 3 rings (SSSR count). The van der Waals surface area contributed by atoms with Crippen molar-refractivity contribution in [1.82, 2.24) is 10.6 Å². The molecule has 15 heavy (non-hydrogen) atoms. The molecule has 1 aliphatic heterocycles. The predicted molar refractivity (Wildman–Crippen MR) is 62.8 cm³/mol. The van der Waals surface area contributed by atoms with E-state index in [4.69, 9.17) is 0 Å². The lowest BCUT2D eigenvalue weighted by molar-refractivity contribution is 0.349. The molecule has 0 unspecified atom stereocenters. The third-order valence-electron chi connectivity index (χ3n) is 4.55. The Morgan fingerprint density at radius 2 is 1.80 bits per heavy atom. The normalized spacial score (nSPS) is 36.4. The Balaban J connectivity index is 1.46. The van der Waals surface area contributed by atoms with E-state index in [1.165, 1.54) is 45.3 Å². The van der Waals surface area contributed by atoms with Crippen molar-refractivity contribution in [1.29, 1.82) is 0 Å². The quantitative estimate of drug-likeness (QED) is 0.717. The summed E-state index contributed by atoms with van der Waals surface area (Å²) >= 11 is 0. The van der Waals surface area contributed by atoms with E-state index in [0.717, 1.165) is 29.7 Å². The topological polar surface area (TPSA) is 24.1 Å². The SMILES string of the molecule is C[C@@H]1CNC[C@H]1CNC(C1CC1)C1CC1. The Labute approximate surface area is 93.2 Å². The van der Waals surface area contributed by atoms with Crippen LogP contribution in [0.3, 0.4) is 0 Å². The standard InChI is InChI=1S/C13H24N2/c1-9-6-14-7-12(9)8-15-13(10-2-3-10)11-4-5-11/h9-15H,2-8H2,1H3/t9-,12+/m1/s1. The van der Waals surface area contributed by atoms with E-state index < -0.39 is 0 Å². The molecule has 86 valence electrons. The lowest BCUT2D eigenvalue weighted by Gasteiger charge is -2.22. The van der Waals surface area contributed by atoms with Crippen molar-refractivity contribution in [3.8, 4) is 0 Å². The van der Waals surface area contributed by atoms with Gasteiger partial charge in [0.2, 0.25) is 0 Å². The second-order valence-corrected chi connectivity index (χ2v) is 6.00. The maximum absolute atomic E-state index is 3.88. The highest BCUT2D eigenvalue weighted by Crippen LogP contribution is 2.44. The van der Waals surface area contributed by atoms with Crippen molar-refractivity contribution >= 4 is 0 Å². The molecule has 1 saturated heterocycles. The van der Waals surface area contributed by atoms with Gasteiger partial charge in [-0.05, 0) is 69.0 Å². The van der Waals surface area contributed by atoms with Crippen molar-refractivity contribution in [2.24, 2.45) is 23.7 Å². The van der Waals surface area contributed by atoms with Crippen LogP contribution in [-0.4, -0.2) is 25.7 Å². The molecule has 3 fully saturated rings. The van der Waals surface area contributed by atoms with Gasteiger partial charge in [-0.2, -0.15) is 0 Å². The molecule has 2 aliphatic carbocycles. The minimum absolute atomic E-state index is 0.872. The summed E-state index contributed by atoms with van der Waals surface area (Å²) in [4.78, 5) is 0. The summed E-state index contributed by atoms with van der Waals surface area (Å²) in [5.74, 6) is 3.84. The van der Waals surface area contributed by atoms with Crippen LogP contribution in [0, 0.1) is 23.7 Å². The van der Waals surface area contributed by atoms with Crippen LogP contribution >= 0.6 is 0 Å². The third kappa shape index (κ3) is 2.36. The molecule has 0 aromatic carbocycles. The zero-order valence-corrected chi connectivity index (χ0v) is 9.84. The van der Waals surface area contributed by atoms with Crippen LogP contribution in [0.5, 0.6) is 0 Å². The van der Waals surface area contributed by atoms with Crippen LogP contribution in [-0.2, 0) is 0 Å². The highest BCUT2D eigenvalue weighted by molar-refractivity contribution is 4.97. The van der Waals surface area contributed by atoms with Gasteiger partial charge in [-0.25, -0.2) is 0 Å². The summed E-state index contributed by atoms with van der Waals surface area (Å²) < 4.78 is 0.